The van der Waals surface area contributed by atoms with E-state index in [9.17, 15) is 0 Å². The van der Waals surface area contributed by atoms with E-state index in [0.29, 0.717) is 12.6 Å². The molecule has 1 aliphatic heterocycles. The Bertz CT molecular complexity index is 504. The fourth-order valence-corrected chi connectivity index (χ4v) is 3.52. The number of likely N-dealkylation sites (tertiary alicyclic amines) is 1. The molecular weight excluding hydrogens is 278 g/mol. The molecule has 1 aliphatic carbocycles. The van der Waals surface area contributed by atoms with Gasteiger partial charge in [0.1, 0.15) is 6.33 Å². The normalized spacial score (nSPS) is 24.1. The molecule has 3 rings (SSSR count). The zero-order chi connectivity index (χ0) is 15.4. The van der Waals surface area contributed by atoms with Crippen molar-refractivity contribution in [2.45, 2.75) is 50.7 Å². The maximum atomic E-state index is 4.32. The summed E-state index contributed by atoms with van der Waals surface area (Å²) in [4.78, 5) is 6.98. The third-order valence-electron chi connectivity index (χ3n) is 4.84. The van der Waals surface area contributed by atoms with Gasteiger partial charge in [-0.2, -0.15) is 0 Å². The van der Waals surface area contributed by atoms with Gasteiger partial charge in [-0.3, -0.25) is 9.89 Å². The first-order valence-corrected chi connectivity index (χ1v) is 8.30. The standard InChI is InChI=1S/C15H27N7/c1-16-15(17-9-14-20-18-11-21(14)2)19-12-7-8-22(10-12)13-5-3-4-6-13/h11-13H,3-10H2,1-2H3,(H2,16,17,19). The SMILES string of the molecule is CN=C(NCc1nncn1C)NC1CCN(C2CCCC2)C1. The summed E-state index contributed by atoms with van der Waals surface area (Å²) in [5.74, 6) is 1.75. The van der Waals surface area contributed by atoms with Gasteiger partial charge >= 0.3 is 0 Å². The fourth-order valence-electron chi connectivity index (χ4n) is 3.52. The van der Waals surface area contributed by atoms with E-state index in [0.717, 1.165) is 24.4 Å². The predicted octanol–water partition coefficient (Wildman–Crippen LogP) is 0.497. The molecule has 0 aromatic carbocycles. The first-order valence-electron chi connectivity index (χ1n) is 8.30. The molecular formula is C15H27N7. The maximum absolute atomic E-state index is 4.32. The van der Waals surface area contributed by atoms with Crippen molar-refractivity contribution in [3.8, 4) is 0 Å². The third-order valence-corrected chi connectivity index (χ3v) is 4.84. The Kier molecular flexibility index (Phi) is 4.92. The summed E-state index contributed by atoms with van der Waals surface area (Å²) >= 11 is 0. The number of hydrogen-bond donors (Lipinski definition) is 2. The van der Waals surface area contributed by atoms with E-state index in [-0.39, 0.29) is 0 Å². The third kappa shape index (κ3) is 3.58. The zero-order valence-corrected chi connectivity index (χ0v) is 13.6. The predicted molar refractivity (Wildman–Crippen MR) is 86.6 cm³/mol. The van der Waals surface area contributed by atoms with Crippen molar-refractivity contribution in [2.24, 2.45) is 12.0 Å². The van der Waals surface area contributed by atoms with Crippen LogP contribution in [0.4, 0.5) is 0 Å². The van der Waals surface area contributed by atoms with Crippen LogP contribution in [0.3, 0.4) is 0 Å². The van der Waals surface area contributed by atoms with Crippen LogP contribution in [0.25, 0.3) is 0 Å². The van der Waals surface area contributed by atoms with Gasteiger partial charge in [-0.05, 0) is 19.3 Å². The fraction of sp³-hybridized carbons (Fsp3) is 0.800. The molecule has 22 heavy (non-hydrogen) atoms. The van der Waals surface area contributed by atoms with Gasteiger partial charge in [0.2, 0.25) is 0 Å². The minimum atomic E-state index is 0.492. The van der Waals surface area contributed by atoms with Crippen molar-refractivity contribution in [1.29, 1.82) is 0 Å². The topological polar surface area (TPSA) is 70.4 Å². The molecule has 1 unspecified atom stereocenters. The summed E-state index contributed by atoms with van der Waals surface area (Å²) in [6.07, 6.45) is 8.48. The van der Waals surface area contributed by atoms with E-state index < -0.39 is 0 Å². The Balaban J connectivity index is 1.46. The van der Waals surface area contributed by atoms with Gasteiger partial charge in [0.25, 0.3) is 0 Å². The van der Waals surface area contributed by atoms with Crippen LogP contribution >= 0.6 is 0 Å². The van der Waals surface area contributed by atoms with Crippen LogP contribution in [0.15, 0.2) is 11.3 Å². The van der Waals surface area contributed by atoms with Crippen LogP contribution in [0.1, 0.15) is 37.9 Å². The van der Waals surface area contributed by atoms with Gasteiger partial charge < -0.3 is 15.2 Å². The Morgan fingerprint density at radius 3 is 2.86 bits per heavy atom. The van der Waals surface area contributed by atoms with Crippen molar-refractivity contribution in [2.75, 3.05) is 20.1 Å². The molecule has 1 saturated heterocycles. The van der Waals surface area contributed by atoms with E-state index >= 15 is 0 Å². The van der Waals surface area contributed by atoms with Gasteiger partial charge in [-0.1, -0.05) is 12.8 Å². The molecule has 122 valence electrons. The number of aryl methyl sites for hydroxylation is 1. The number of nitrogens with zero attached hydrogens (tertiary/aromatic N) is 5. The highest BCUT2D eigenvalue weighted by Crippen LogP contribution is 2.26. The number of aromatic nitrogens is 3. The lowest BCUT2D eigenvalue weighted by atomic mass is 10.2. The molecule has 0 spiro atoms. The van der Waals surface area contributed by atoms with Crippen LogP contribution in [0.5, 0.6) is 0 Å². The number of rotatable bonds is 4. The lowest BCUT2D eigenvalue weighted by molar-refractivity contribution is 0.242. The number of nitrogens with one attached hydrogen (secondary N) is 2. The van der Waals surface area contributed by atoms with E-state index in [4.69, 9.17) is 0 Å². The maximum Gasteiger partial charge on any atom is 0.191 e. The Labute approximate surface area is 132 Å². The number of hydrogen-bond acceptors (Lipinski definition) is 4. The molecule has 0 bridgehead atoms. The van der Waals surface area contributed by atoms with Crippen molar-refractivity contribution in [1.82, 2.24) is 30.3 Å². The lowest BCUT2D eigenvalue weighted by Crippen LogP contribution is -2.45. The van der Waals surface area contributed by atoms with E-state index in [2.05, 4.69) is 30.7 Å². The summed E-state index contributed by atoms with van der Waals surface area (Å²) in [5.41, 5.74) is 0. The molecule has 1 aromatic heterocycles. The highest BCUT2D eigenvalue weighted by atomic mass is 15.3. The van der Waals surface area contributed by atoms with Gasteiger partial charge in [0.15, 0.2) is 11.8 Å². The molecule has 2 aliphatic rings. The summed E-state index contributed by atoms with van der Waals surface area (Å²) in [5, 5.41) is 14.8. The van der Waals surface area contributed by atoms with Crippen molar-refractivity contribution < 1.29 is 0 Å². The van der Waals surface area contributed by atoms with Crippen molar-refractivity contribution >= 4 is 5.96 Å². The smallest absolute Gasteiger partial charge is 0.191 e. The Hall–Kier alpha value is -1.63. The lowest BCUT2D eigenvalue weighted by Gasteiger charge is -2.24. The Morgan fingerprint density at radius 1 is 1.36 bits per heavy atom. The van der Waals surface area contributed by atoms with Gasteiger partial charge in [-0.15, -0.1) is 10.2 Å². The quantitative estimate of drug-likeness (QED) is 0.626. The molecule has 1 aromatic rings. The molecule has 2 N–H and O–H groups in total. The van der Waals surface area contributed by atoms with Crippen LogP contribution in [-0.4, -0.2) is 57.8 Å². The molecule has 7 heteroatoms. The molecule has 2 fully saturated rings. The van der Waals surface area contributed by atoms with Gasteiger partial charge in [0.05, 0.1) is 6.54 Å². The first kappa shape index (κ1) is 15.3. The molecule has 1 saturated carbocycles. The van der Waals surface area contributed by atoms with E-state index in [1.807, 2.05) is 18.7 Å². The second-order valence-electron chi connectivity index (χ2n) is 6.35. The first-order chi connectivity index (χ1) is 10.8. The summed E-state index contributed by atoms with van der Waals surface area (Å²) < 4.78 is 1.91. The number of guanidine groups is 1. The van der Waals surface area contributed by atoms with Crippen LogP contribution < -0.4 is 10.6 Å². The highest BCUT2D eigenvalue weighted by molar-refractivity contribution is 5.79. The minimum Gasteiger partial charge on any atom is -0.352 e. The van der Waals surface area contributed by atoms with E-state index in [1.54, 1.807) is 6.33 Å². The van der Waals surface area contributed by atoms with Crippen molar-refractivity contribution in [3.05, 3.63) is 12.2 Å². The highest BCUT2D eigenvalue weighted by Gasteiger charge is 2.30. The molecule has 2 heterocycles. The van der Waals surface area contributed by atoms with Crippen LogP contribution in [0.2, 0.25) is 0 Å². The zero-order valence-electron chi connectivity index (χ0n) is 13.6. The van der Waals surface area contributed by atoms with Crippen molar-refractivity contribution in [3.63, 3.8) is 0 Å². The van der Waals surface area contributed by atoms with E-state index in [1.165, 1.54) is 38.6 Å². The largest absolute Gasteiger partial charge is 0.352 e. The average molecular weight is 305 g/mol. The summed E-state index contributed by atoms with van der Waals surface area (Å²) in [6.45, 7) is 2.98. The second-order valence-corrected chi connectivity index (χ2v) is 6.35. The number of aliphatic imine (C=N–C) groups is 1. The summed E-state index contributed by atoms with van der Waals surface area (Å²) in [7, 11) is 3.76. The average Bonchev–Trinajstić information content (AvgIpc) is 3.25. The van der Waals surface area contributed by atoms with Crippen LogP contribution in [-0.2, 0) is 13.6 Å². The minimum absolute atomic E-state index is 0.492. The Morgan fingerprint density at radius 2 is 2.18 bits per heavy atom. The molecule has 0 amide bonds. The monoisotopic (exact) mass is 305 g/mol. The second kappa shape index (κ2) is 7.09. The molecule has 0 radical (unpaired) electrons. The molecule has 7 nitrogen and oxygen atoms in total. The van der Waals surface area contributed by atoms with Gasteiger partial charge in [0, 0.05) is 39.3 Å². The summed E-state index contributed by atoms with van der Waals surface area (Å²) in [6, 6.07) is 1.31. The van der Waals surface area contributed by atoms with Crippen LogP contribution in [0, 0.1) is 0 Å². The van der Waals surface area contributed by atoms with Gasteiger partial charge in [-0.25, -0.2) is 0 Å². The molecule has 1 atom stereocenters.